The first kappa shape index (κ1) is 25.6. The Balaban J connectivity index is 1.99. The first-order chi connectivity index (χ1) is 15.4. The van der Waals surface area contributed by atoms with Gasteiger partial charge >= 0.3 is 197 Å². The normalized spacial score (nSPS) is 10.4. The van der Waals surface area contributed by atoms with Crippen LogP contribution in [-0.2, 0) is 9.59 Å². The van der Waals surface area contributed by atoms with E-state index >= 15 is 0 Å². The van der Waals surface area contributed by atoms with E-state index < -0.39 is 11.9 Å². The minimum absolute atomic E-state index is 0.00410. The Kier molecular flexibility index (Phi) is 11.0. The van der Waals surface area contributed by atoms with E-state index in [2.05, 4.69) is 10.6 Å². The second-order valence-electron chi connectivity index (χ2n) is 6.67. The van der Waals surface area contributed by atoms with Crippen LogP contribution in [0.4, 0.5) is 0 Å². The summed E-state index contributed by atoms with van der Waals surface area (Å²) in [6, 6.07) is 14.6. The van der Waals surface area contributed by atoms with Gasteiger partial charge in [0.05, 0.1) is 0 Å². The summed E-state index contributed by atoms with van der Waals surface area (Å²) in [7, 11) is 0. The number of benzene rings is 2. The van der Waals surface area contributed by atoms with Gasteiger partial charge in [-0.1, -0.05) is 0 Å². The van der Waals surface area contributed by atoms with Crippen LogP contribution in [-0.4, -0.2) is 73.3 Å². The van der Waals surface area contributed by atoms with Gasteiger partial charge in [-0.15, -0.1) is 0 Å². The van der Waals surface area contributed by atoms with Crippen LogP contribution in [0, 0.1) is 0 Å². The van der Waals surface area contributed by atoms with E-state index in [0.717, 1.165) is 8.92 Å². The molecule has 0 fully saturated rings. The van der Waals surface area contributed by atoms with Gasteiger partial charge in [0.2, 0.25) is 0 Å². The second-order valence-corrected chi connectivity index (χ2v) is 12.8. The zero-order chi connectivity index (χ0) is 23.3. The molecule has 0 saturated heterocycles. The molecule has 0 spiro atoms. The predicted octanol–water partition coefficient (Wildman–Crippen LogP) is 0.150. The van der Waals surface area contributed by atoms with Crippen LogP contribution in [0.15, 0.2) is 48.5 Å². The van der Waals surface area contributed by atoms with Crippen molar-refractivity contribution in [3.05, 3.63) is 59.7 Å². The SMILES string of the molecule is O=C(O)CCCNC(=O)c1ccccc1[Se][Se]c1ccccc1C(=O)NCCCC(=O)O. The molecule has 10 heteroatoms. The van der Waals surface area contributed by atoms with Crippen LogP contribution in [0.1, 0.15) is 46.4 Å². The van der Waals surface area contributed by atoms with Crippen LogP contribution in [0.5, 0.6) is 0 Å². The molecule has 2 aromatic carbocycles. The van der Waals surface area contributed by atoms with Crippen molar-refractivity contribution < 1.29 is 29.4 Å². The van der Waals surface area contributed by atoms with Crippen LogP contribution in [0.25, 0.3) is 0 Å². The van der Waals surface area contributed by atoms with Gasteiger partial charge < -0.3 is 0 Å². The molecule has 0 aliphatic heterocycles. The van der Waals surface area contributed by atoms with E-state index in [1.54, 1.807) is 24.3 Å². The Hall–Kier alpha value is -2.64. The quantitative estimate of drug-likeness (QED) is 0.200. The van der Waals surface area contributed by atoms with Gasteiger partial charge in [-0.3, -0.25) is 0 Å². The van der Waals surface area contributed by atoms with Crippen LogP contribution in [0.3, 0.4) is 0 Å². The number of carboxylic acids is 2. The first-order valence-electron chi connectivity index (χ1n) is 9.91. The number of hydrogen-bond donors (Lipinski definition) is 4. The number of amides is 2. The Morgan fingerprint density at radius 1 is 0.656 bits per heavy atom. The third-order valence-corrected chi connectivity index (χ3v) is 11.4. The summed E-state index contributed by atoms with van der Waals surface area (Å²) in [6.07, 6.45) is 0.745. The van der Waals surface area contributed by atoms with Gasteiger partial charge in [-0.05, 0) is 0 Å². The van der Waals surface area contributed by atoms with Crippen molar-refractivity contribution >= 4 is 58.9 Å². The Morgan fingerprint density at radius 3 is 1.41 bits per heavy atom. The van der Waals surface area contributed by atoms with E-state index in [4.69, 9.17) is 10.2 Å². The summed E-state index contributed by atoms with van der Waals surface area (Å²) < 4.78 is 1.85. The molecule has 32 heavy (non-hydrogen) atoms. The molecule has 0 aliphatic rings. The predicted molar refractivity (Wildman–Crippen MR) is 122 cm³/mol. The van der Waals surface area contributed by atoms with Gasteiger partial charge in [0.15, 0.2) is 0 Å². The molecular weight excluding hydrogens is 546 g/mol. The Morgan fingerprint density at radius 2 is 1.03 bits per heavy atom. The standard InChI is InChI=1S/C22H24N2O6Se2/c25-19(26)11-5-13-23-21(29)15-7-1-3-9-17(15)31-32-18-10-4-2-8-16(18)22(30)24-14-6-12-20(27)28/h1-4,7-10H,5-6,11-14H2,(H,23,29)(H,24,30)(H,25,26)(H,27,28). The molecule has 8 nitrogen and oxygen atoms in total. The number of rotatable bonds is 13. The number of carbonyl (C=O) groups is 4. The van der Waals surface area contributed by atoms with E-state index in [1.807, 2.05) is 24.3 Å². The van der Waals surface area contributed by atoms with Crippen molar-refractivity contribution in [2.75, 3.05) is 13.1 Å². The zero-order valence-electron chi connectivity index (χ0n) is 17.2. The number of nitrogens with one attached hydrogen (secondary N) is 2. The van der Waals surface area contributed by atoms with Gasteiger partial charge in [0.25, 0.3) is 0 Å². The van der Waals surface area contributed by atoms with Gasteiger partial charge in [-0.2, -0.15) is 0 Å². The summed E-state index contributed by atoms with van der Waals surface area (Å²) in [5.74, 6) is -2.24. The molecule has 0 aliphatic carbocycles. The van der Waals surface area contributed by atoms with Crippen LogP contribution in [0.2, 0.25) is 0 Å². The van der Waals surface area contributed by atoms with Crippen LogP contribution >= 0.6 is 0 Å². The summed E-state index contributed by atoms with van der Waals surface area (Å²) in [5, 5.41) is 22.9. The fraction of sp³-hybridized carbons (Fsp3) is 0.273. The van der Waals surface area contributed by atoms with Crippen molar-refractivity contribution in [3.63, 3.8) is 0 Å². The summed E-state index contributed by atoms with van der Waals surface area (Å²) >= 11 is -0.108. The topological polar surface area (TPSA) is 133 Å². The number of hydrogen-bond acceptors (Lipinski definition) is 4. The fourth-order valence-electron chi connectivity index (χ4n) is 2.62. The van der Waals surface area contributed by atoms with Gasteiger partial charge in [-0.25, -0.2) is 0 Å². The second kappa shape index (κ2) is 13.7. The monoisotopic (exact) mass is 572 g/mol. The Labute approximate surface area is 197 Å². The van der Waals surface area contributed by atoms with E-state index in [9.17, 15) is 19.2 Å². The molecular formula is C22H24N2O6Se2. The fourth-order valence-corrected chi connectivity index (χ4v) is 9.73. The molecule has 0 bridgehead atoms. The average Bonchev–Trinajstić information content (AvgIpc) is 2.78. The van der Waals surface area contributed by atoms with Gasteiger partial charge in [0.1, 0.15) is 0 Å². The Bertz CT molecular complexity index is 889. The molecule has 0 radical (unpaired) electrons. The summed E-state index contributed by atoms with van der Waals surface area (Å²) in [6.45, 7) is 0.588. The molecule has 0 atom stereocenters. The molecule has 2 amide bonds. The van der Waals surface area contributed by atoms with Gasteiger partial charge in [0, 0.05) is 0 Å². The van der Waals surface area contributed by atoms with Crippen molar-refractivity contribution in [3.8, 4) is 0 Å². The first-order valence-corrected chi connectivity index (χ1v) is 16.0. The van der Waals surface area contributed by atoms with E-state index in [0.29, 0.717) is 37.1 Å². The third-order valence-electron chi connectivity index (χ3n) is 4.19. The molecule has 0 unspecified atom stereocenters. The minimum atomic E-state index is -0.893. The maximum atomic E-state index is 12.5. The zero-order valence-corrected chi connectivity index (χ0v) is 20.6. The molecule has 0 saturated carbocycles. The third kappa shape index (κ3) is 8.84. The van der Waals surface area contributed by atoms with E-state index in [1.165, 1.54) is 0 Å². The van der Waals surface area contributed by atoms with Crippen LogP contribution < -0.4 is 19.6 Å². The summed E-state index contributed by atoms with van der Waals surface area (Å²) in [5.41, 5.74) is 1.14. The number of carbonyl (C=O) groups excluding carboxylic acids is 2. The van der Waals surface area contributed by atoms with E-state index in [-0.39, 0.29) is 50.9 Å². The average molecular weight is 570 g/mol. The van der Waals surface area contributed by atoms with Crippen molar-refractivity contribution in [2.24, 2.45) is 0 Å². The molecule has 0 aromatic heterocycles. The molecule has 2 rings (SSSR count). The molecule has 2 aromatic rings. The number of aliphatic carboxylic acids is 2. The van der Waals surface area contributed by atoms with Crippen molar-refractivity contribution in [1.82, 2.24) is 10.6 Å². The van der Waals surface area contributed by atoms with Crippen molar-refractivity contribution in [1.29, 1.82) is 0 Å². The number of carboxylic acid groups (broad SMARTS) is 2. The summed E-state index contributed by atoms with van der Waals surface area (Å²) in [4.78, 5) is 46.3. The van der Waals surface area contributed by atoms with Crippen molar-refractivity contribution in [2.45, 2.75) is 25.7 Å². The molecule has 0 heterocycles. The molecule has 4 N–H and O–H groups in total. The molecule has 170 valence electrons. The maximum absolute atomic E-state index is 12.5.